The van der Waals surface area contributed by atoms with Gasteiger partial charge in [0.25, 0.3) is 0 Å². The van der Waals surface area contributed by atoms with Crippen LogP contribution in [-0.4, -0.2) is 17.4 Å². The molecular formula is C9H6Cl2O3. The average Bonchev–Trinajstić information content (AvgIpc) is 2.10. The number of carboxylic acids is 1. The molecule has 5 heteroatoms. The number of rotatable bonds is 3. The van der Waals surface area contributed by atoms with Crippen molar-refractivity contribution in [2.75, 3.05) is 0 Å². The molecule has 0 saturated heterocycles. The summed E-state index contributed by atoms with van der Waals surface area (Å²) in [6.07, 6.45) is 0.301. The van der Waals surface area contributed by atoms with Gasteiger partial charge in [0.2, 0.25) is 0 Å². The highest BCUT2D eigenvalue weighted by molar-refractivity contribution is 6.36. The Morgan fingerprint density at radius 1 is 1.36 bits per heavy atom. The normalized spacial score (nSPS) is 12.1. The van der Waals surface area contributed by atoms with Crippen LogP contribution in [0.25, 0.3) is 0 Å². The Bertz CT molecular complexity index is 356. The van der Waals surface area contributed by atoms with Gasteiger partial charge in [-0.05, 0) is 12.1 Å². The van der Waals surface area contributed by atoms with Gasteiger partial charge >= 0.3 is 5.97 Å². The Hall–Kier alpha value is -1.06. The van der Waals surface area contributed by atoms with Gasteiger partial charge in [0.05, 0.1) is 0 Å². The summed E-state index contributed by atoms with van der Waals surface area (Å²) >= 11 is 11.5. The van der Waals surface area contributed by atoms with Gasteiger partial charge in [0.1, 0.15) is 12.2 Å². The molecule has 0 aliphatic heterocycles. The second-order valence-corrected chi connectivity index (χ2v) is 3.40. The summed E-state index contributed by atoms with van der Waals surface area (Å²) in [4.78, 5) is 21.2. The number of aliphatic carboxylic acids is 1. The van der Waals surface area contributed by atoms with Crippen molar-refractivity contribution in [1.29, 1.82) is 0 Å². The third-order valence-electron chi connectivity index (χ3n) is 1.71. The van der Waals surface area contributed by atoms with Crippen molar-refractivity contribution in [3.05, 3.63) is 33.8 Å². The van der Waals surface area contributed by atoms with E-state index < -0.39 is 11.9 Å². The van der Waals surface area contributed by atoms with E-state index in [-0.39, 0.29) is 15.6 Å². The smallest absolute Gasteiger partial charge is 0.318 e. The van der Waals surface area contributed by atoms with E-state index in [9.17, 15) is 9.59 Å². The minimum absolute atomic E-state index is 0.137. The topological polar surface area (TPSA) is 54.4 Å². The largest absolute Gasteiger partial charge is 0.480 e. The number of benzene rings is 1. The minimum Gasteiger partial charge on any atom is -0.480 e. The lowest BCUT2D eigenvalue weighted by Gasteiger charge is -2.09. The molecule has 1 atom stereocenters. The average molecular weight is 233 g/mol. The first kappa shape index (κ1) is 11.0. The summed E-state index contributed by atoms with van der Waals surface area (Å²) in [7, 11) is 0. The lowest BCUT2D eigenvalue weighted by molar-refractivity contribution is -0.140. The standard InChI is InChI=1S/C9H6Cl2O3/c10-6-2-1-3-7(11)8(6)5(4-12)9(13)14/h1-5H,(H,13,14). The molecule has 0 aromatic heterocycles. The molecule has 0 bridgehead atoms. The molecule has 0 saturated carbocycles. The van der Waals surface area contributed by atoms with E-state index >= 15 is 0 Å². The van der Waals surface area contributed by atoms with Gasteiger partial charge in [-0.2, -0.15) is 0 Å². The van der Waals surface area contributed by atoms with Gasteiger partial charge in [-0.1, -0.05) is 29.3 Å². The number of halogens is 2. The van der Waals surface area contributed by atoms with Gasteiger partial charge in [-0.3, -0.25) is 4.79 Å². The fraction of sp³-hybridized carbons (Fsp3) is 0.111. The highest BCUT2D eigenvalue weighted by Crippen LogP contribution is 2.30. The van der Waals surface area contributed by atoms with Gasteiger partial charge in [-0.15, -0.1) is 0 Å². The van der Waals surface area contributed by atoms with Gasteiger partial charge < -0.3 is 9.90 Å². The molecule has 0 spiro atoms. The molecular weight excluding hydrogens is 227 g/mol. The zero-order valence-corrected chi connectivity index (χ0v) is 8.42. The zero-order valence-electron chi connectivity index (χ0n) is 6.91. The number of hydrogen-bond acceptors (Lipinski definition) is 2. The molecule has 1 aromatic rings. The quantitative estimate of drug-likeness (QED) is 0.643. The second-order valence-electron chi connectivity index (χ2n) is 2.59. The predicted octanol–water partition coefficient (Wildman–Crippen LogP) is 2.36. The Morgan fingerprint density at radius 3 is 2.21 bits per heavy atom. The summed E-state index contributed by atoms with van der Waals surface area (Å²) < 4.78 is 0. The van der Waals surface area contributed by atoms with Crippen molar-refractivity contribution in [3.8, 4) is 0 Å². The molecule has 0 radical (unpaired) electrons. The van der Waals surface area contributed by atoms with Crippen LogP contribution in [0.4, 0.5) is 0 Å². The highest BCUT2D eigenvalue weighted by Gasteiger charge is 2.23. The van der Waals surface area contributed by atoms with Crippen molar-refractivity contribution in [3.63, 3.8) is 0 Å². The van der Waals surface area contributed by atoms with Crippen molar-refractivity contribution in [1.82, 2.24) is 0 Å². The van der Waals surface area contributed by atoms with E-state index in [0.29, 0.717) is 6.29 Å². The predicted molar refractivity (Wildman–Crippen MR) is 52.9 cm³/mol. The van der Waals surface area contributed by atoms with Crippen LogP contribution in [-0.2, 0) is 9.59 Å². The van der Waals surface area contributed by atoms with Crippen LogP contribution in [0.5, 0.6) is 0 Å². The molecule has 1 unspecified atom stereocenters. The van der Waals surface area contributed by atoms with Crippen LogP contribution >= 0.6 is 23.2 Å². The van der Waals surface area contributed by atoms with Crippen LogP contribution in [0.1, 0.15) is 11.5 Å². The molecule has 1 N–H and O–H groups in total. The molecule has 0 heterocycles. The number of carbonyl (C=O) groups excluding carboxylic acids is 1. The molecule has 3 nitrogen and oxygen atoms in total. The van der Waals surface area contributed by atoms with E-state index in [1.165, 1.54) is 12.1 Å². The van der Waals surface area contributed by atoms with Crippen LogP contribution in [0.3, 0.4) is 0 Å². The lowest BCUT2D eigenvalue weighted by atomic mass is 10.0. The van der Waals surface area contributed by atoms with Crippen LogP contribution in [0.15, 0.2) is 18.2 Å². The van der Waals surface area contributed by atoms with E-state index in [0.717, 1.165) is 0 Å². The highest BCUT2D eigenvalue weighted by atomic mass is 35.5. The summed E-state index contributed by atoms with van der Waals surface area (Å²) in [6, 6.07) is 4.56. The van der Waals surface area contributed by atoms with Crippen molar-refractivity contribution < 1.29 is 14.7 Å². The Labute approximate surface area is 90.3 Å². The summed E-state index contributed by atoms with van der Waals surface area (Å²) in [5, 5.41) is 9.08. The number of aldehydes is 1. The maximum absolute atomic E-state index is 10.7. The fourth-order valence-electron chi connectivity index (χ4n) is 1.06. The van der Waals surface area contributed by atoms with E-state index in [2.05, 4.69) is 0 Å². The maximum Gasteiger partial charge on any atom is 0.318 e. The van der Waals surface area contributed by atoms with Gasteiger partial charge in [0.15, 0.2) is 0 Å². The second kappa shape index (κ2) is 4.44. The maximum atomic E-state index is 10.7. The van der Waals surface area contributed by atoms with Crippen LogP contribution < -0.4 is 0 Å². The Balaban J connectivity index is 3.28. The molecule has 14 heavy (non-hydrogen) atoms. The molecule has 0 aliphatic rings. The van der Waals surface area contributed by atoms with Gasteiger partial charge in [0, 0.05) is 15.6 Å². The minimum atomic E-state index is -1.31. The monoisotopic (exact) mass is 232 g/mol. The third-order valence-corrected chi connectivity index (χ3v) is 2.37. The summed E-state index contributed by atoms with van der Waals surface area (Å²) in [5.41, 5.74) is 0.137. The molecule has 0 aliphatic carbocycles. The van der Waals surface area contributed by atoms with Crippen LogP contribution in [0.2, 0.25) is 10.0 Å². The fourth-order valence-corrected chi connectivity index (χ4v) is 1.69. The third kappa shape index (κ3) is 2.05. The van der Waals surface area contributed by atoms with E-state index in [1.807, 2.05) is 0 Å². The number of carboxylic acid groups (broad SMARTS) is 1. The van der Waals surface area contributed by atoms with Gasteiger partial charge in [-0.25, -0.2) is 0 Å². The van der Waals surface area contributed by atoms with Crippen molar-refractivity contribution in [2.24, 2.45) is 0 Å². The first-order chi connectivity index (χ1) is 6.57. The van der Waals surface area contributed by atoms with Crippen LogP contribution in [0, 0.1) is 0 Å². The Kier molecular flexibility index (Phi) is 3.49. The lowest BCUT2D eigenvalue weighted by Crippen LogP contribution is -2.13. The molecule has 0 fully saturated rings. The molecule has 1 rings (SSSR count). The number of hydrogen-bond donors (Lipinski definition) is 1. The van der Waals surface area contributed by atoms with Crippen molar-refractivity contribution in [2.45, 2.75) is 5.92 Å². The zero-order chi connectivity index (χ0) is 10.7. The molecule has 0 amide bonds. The molecule has 1 aromatic carbocycles. The SMILES string of the molecule is O=CC(C(=O)O)c1c(Cl)cccc1Cl. The first-order valence-electron chi connectivity index (χ1n) is 3.70. The number of carbonyl (C=O) groups is 2. The Morgan fingerprint density at radius 2 is 1.86 bits per heavy atom. The first-order valence-corrected chi connectivity index (χ1v) is 4.45. The summed E-state index contributed by atoms with van der Waals surface area (Å²) in [5.74, 6) is -2.58. The van der Waals surface area contributed by atoms with Crippen molar-refractivity contribution >= 4 is 35.5 Å². The van der Waals surface area contributed by atoms with E-state index in [1.54, 1.807) is 6.07 Å². The molecule has 74 valence electrons. The van der Waals surface area contributed by atoms with E-state index in [4.69, 9.17) is 28.3 Å². The summed E-state index contributed by atoms with van der Waals surface area (Å²) in [6.45, 7) is 0.